The standard InChI is InChI=1S/C10H14N2O6S/c1-19(17)7-3-12(10(16)11-9(7)15)8-2-5(14)6(4-13)18-8/h3,5-6,8,13-14H,2,4H2,1H3,(H,11,15,16)/t5-,6+,8+,19?/m0/s1. The first-order valence-electron chi connectivity index (χ1n) is 5.57. The van der Waals surface area contributed by atoms with Crippen molar-refractivity contribution < 1.29 is 19.2 Å². The average Bonchev–Trinajstić information content (AvgIpc) is 2.69. The molecule has 0 amide bonds. The van der Waals surface area contributed by atoms with Crippen molar-refractivity contribution in [1.82, 2.24) is 9.55 Å². The lowest BCUT2D eigenvalue weighted by Crippen LogP contribution is -2.34. The van der Waals surface area contributed by atoms with Gasteiger partial charge in [-0.1, -0.05) is 0 Å². The van der Waals surface area contributed by atoms with Gasteiger partial charge in [0.15, 0.2) is 0 Å². The van der Waals surface area contributed by atoms with E-state index in [1.54, 1.807) is 0 Å². The molecule has 2 heterocycles. The minimum absolute atomic E-state index is 0.0508. The summed E-state index contributed by atoms with van der Waals surface area (Å²) in [6.07, 6.45) is 0.101. The van der Waals surface area contributed by atoms with Crippen LogP contribution in [0.3, 0.4) is 0 Å². The van der Waals surface area contributed by atoms with Crippen molar-refractivity contribution >= 4 is 10.8 Å². The van der Waals surface area contributed by atoms with Gasteiger partial charge in [-0.3, -0.25) is 18.6 Å². The van der Waals surface area contributed by atoms with E-state index in [-0.39, 0.29) is 17.9 Å². The van der Waals surface area contributed by atoms with Crippen molar-refractivity contribution in [3.05, 3.63) is 27.0 Å². The highest BCUT2D eigenvalue weighted by atomic mass is 32.2. The zero-order valence-electron chi connectivity index (χ0n) is 10.1. The molecule has 0 aliphatic carbocycles. The molecule has 1 fully saturated rings. The molecule has 19 heavy (non-hydrogen) atoms. The number of hydrogen-bond acceptors (Lipinski definition) is 6. The van der Waals surface area contributed by atoms with E-state index >= 15 is 0 Å². The summed E-state index contributed by atoms with van der Waals surface area (Å²) in [4.78, 5) is 25.1. The first kappa shape index (κ1) is 14.1. The van der Waals surface area contributed by atoms with E-state index in [0.717, 1.165) is 10.8 Å². The Morgan fingerprint density at radius 3 is 2.79 bits per heavy atom. The van der Waals surface area contributed by atoms with E-state index < -0.39 is 40.5 Å². The molecule has 0 radical (unpaired) electrons. The molecule has 4 atom stereocenters. The van der Waals surface area contributed by atoms with Gasteiger partial charge in [0.25, 0.3) is 5.56 Å². The number of ether oxygens (including phenoxy) is 1. The van der Waals surface area contributed by atoms with E-state index in [1.807, 2.05) is 4.98 Å². The van der Waals surface area contributed by atoms with Crippen LogP contribution in [0.2, 0.25) is 0 Å². The number of aromatic nitrogens is 2. The molecule has 2 rings (SSSR count). The van der Waals surface area contributed by atoms with Crippen molar-refractivity contribution in [2.45, 2.75) is 29.8 Å². The molecular formula is C10H14N2O6S. The summed E-state index contributed by atoms with van der Waals surface area (Å²) in [5, 5.41) is 18.6. The van der Waals surface area contributed by atoms with E-state index in [9.17, 15) is 18.9 Å². The Morgan fingerprint density at radius 2 is 2.26 bits per heavy atom. The second kappa shape index (κ2) is 5.37. The van der Waals surface area contributed by atoms with Crippen molar-refractivity contribution in [2.75, 3.05) is 12.9 Å². The van der Waals surface area contributed by atoms with Crippen LogP contribution in [-0.4, -0.2) is 49.0 Å². The summed E-state index contributed by atoms with van der Waals surface area (Å²) in [6, 6.07) is 0. The van der Waals surface area contributed by atoms with Crippen LogP contribution in [0, 0.1) is 0 Å². The van der Waals surface area contributed by atoms with E-state index in [1.165, 1.54) is 6.26 Å². The molecule has 0 saturated carbocycles. The van der Waals surface area contributed by atoms with Gasteiger partial charge < -0.3 is 14.9 Å². The van der Waals surface area contributed by atoms with Crippen molar-refractivity contribution in [3.8, 4) is 0 Å². The SMILES string of the molecule is CS(=O)c1cn([C@H]2C[C@H](O)[C@@H](CO)O2)c(=O)[nH]c1=O. The van der Waals surface area contributed by atoms with Crippen LogP contribution in [0.5, 0.6) is 0 Å². The second-order valence-corrected chi connectivity index (χ2v) is 5.58. The lowest BCUT2D eigenvalue weighted by molar-refractivity contribution is -0.0461. The van der Waals surface area contributed by atoms with E-state index in [2.05, 4.69) is 0 Å². The van der Waals surface area contributed by atoms with Gasteiger partial charge in [-0.15, -0.1) is 0 Å². The lowest BCUT2D eigenvalue weighted by Gasteiger charge is -2.14. The smallest absolute Gasteiger partial charge is 0.330 e. The third-order valence-electron chi connectivity index (χ3n) is 2.94. The fraction of sp³-hybridized carbons (Fsp3) is 0.600. The molecular weight excluding hydrogens is 276 g/mol. The molecule has 1 aromatic rings. The van der Waals surface area contributed by atoms with Gasteiger partial charge in [-0.2, -0.15) is 0 Å². The quantitative estimate of drug-likeness (QED) is 0.587. The highest BCUT2D eigenvalue weighted by Crippen LogP contribution is 2.27. The van der Waals surface area contributed by atoms with Crippen molar-refractivity contribution in [2.24, 2.45) is 0 Å². The van der Waals surface area contributed by atoms with Crippen LogP contribution in [0.1, 0.15) is 12.6 Å². The maximum Gasteiger partial charge on any atom is 0.330 e. The van der Waals surface area contributed by atoms with Crippen LogP contribution < -0.4 is 11.2 Å². The minimum Gasteiger partial charge on any atom is -0.394 e. The first-order chi connectivity index (χ1) is 8.93. The summed E-state index contributed by atoms with van der Waals surface area (Å²) in [5.41, 5.74) is -1.42. The predicted octanol–water partition coefficient (Wildman–Crippen LogP) is -2.09. The van der Waals surface area contributed by atoms with Gasteiger partial charge in [0.05, 0.1) is 23.5 Å². The summed E-state index contributed by atoms with van der Waals surface area (Å²) in [7, 11) is -1.55. The summed E-state index contributed by atoms with van der Waals surface area (Å²) >= 11 is 0. The molecule has 8 nitrogen and oxygen atoms in total. The third-order valence-corrected chi connectivity index (χ3v) is 3.85. The van der Waals surface area contributed by atoms with Gasteiger partial charge in [-0.25, -0.2) is 4.79 Å². The number of aliphatic hydroxyl groups is 2. The Labute approximate surface area is 110 Å². The Kier molecular flexibility index (Phi) is 3.99. The highest BCUT2D eigenvalue weighted by molar-refractivity contribution is 7.84. The Bertz CT molecular complexity index is 609. The van der Waals surface area contributed by atoms with Crippen LogP contribution in [0.4, 0.5) is 0 Å². The van der Waals surface area contributed by atoms with Gasteiger partial charge in [0, 0.05) is 18.9 Å². The normalized spacial score (nSPS) is 28.5. The van der Waals surface area contributed by atoms with E-state index in [0.29, 0.717) is 0 Å². The summed E-state index contributed by atoms with van der Waals surface area (Å²) in [5.74, 6) is 0. The molecule has 0 spiro atoms. The predicted molar refractivity (Wildman–Crippen MR) is 65.3 cm³/mol. The van der Waals surface area contributed by atoms with Crippen LogP contribution >= 0.6 is 0 Å². The molecule has 1 unspecified atom stereocenters. The molecule has 3 N–H and O–H groups in total. The number of rotatable bonds is 3. The summed E-state index contributed by atoms with van der Waals surface area (Å²) < 4.78 is 17.7. The van der Waals surface area contributed by atoms with E-state index in [4.69, 9.17) is 9.84 Å². The zero-order chi connectivity index (χ0) is 14.2. The van der Waals surface area contributed by atoms with Gasteiger partial charge in [0.2, 0.25) is 0 Å². The Morgan fingerprint density at radius 1 is 1.58 bits per heavy atom. The third kappa shape index (κ3) is 2.68. The largest absolute Gasteiger partial charge is 0.394 e. The number of H-pyrrole nitrogens is 1. The number of hydrogen-bond donors (Lipinski definition) is 3. The minimum atomic E-state index is -1.55. The lowest BCUT2D eigenvalue weighted by atomic mass is 10.2. The van der Waals surface area contributed by atoms with Gasteiger partial charge >= 0.3 is 5.69 Å². The average molecular weight is 290 g/mol. The van der Waals surface area contributed by atoms with Crippen molar-refractivity contribution in [3.63, 3.8) is 0 Å². The second-order valence-electron chi connectivity index (χ2n) is 4.23. The van der Waals surface area contributed by atoms with Crippen molar-refractivity contribution in [1.29, 1.82) is 0 Å². The topological polar surface area (TPSA) is 122 Å². The number of aliphatic hydroxyl groups excluding tert-OH is 2. The Hall–Kier alpha value is -1.29. The first-order valence-corrected chi connectivity index (χ1v) is 7.13. The number of nitrogens with zero attached hydrogens (tertiary/aromatic N) is 1. The van der Waals surface area contributed by atoms with Crippen LogP contribution in [0.15, 0.2) is 20.7 Å². The fourth-order valence-corrected chi connectivity index (χ4v) is 2.51. The van der Waals surface area contributed by atoms with Gasteiger partial charge in [-0.05, 0) is 0 Å². The summed E-state index contributed by atoms with van der Waals surface area (Å²) in [6.45, 7) is -0.373. The zero-order valence-corrected chi connectivity index (χ0v) is 10.9. The van der Waals surface area contributed by atoms with Crippen LogP contribution in [-0.2, 0) is 15.5 Å². The fourth-order valence-electron chi connectivity index (χ4n) is 1.94. The number of aromatic amines is 1. The molecule has 1 saturated heterocycles. The maximum atomic E-state index is 11.7. The van der Waals surface area contributed by atoms with Gasteiger partial charge in [0.1, 0.15) is 17.2 Å². The van der Waals surface area contributed by atoms with Crippen LogP contribution in [0.25, 0.3) is 0 Å². The molecule has 9 heteroatoms. The molecule has 1 aliphatic rings. The molecule has 1 aromatic heterocycles. The Balaban J connectivity index is 2.41. The molecule has 1 aliphatic heterocycles. The number of nitrogens with one attached hydrogen (secondary N) is 1. The molecule has 0 aromatic carbocycles. The maximum absolute atomic E-state index is 11.7. The molecule has 0 bridgehead atoms. The highest BCUT2D eigenvalue weighted by Gasteiger charge is 2.35. The molecule has 106 valence electrons. The monoisotopic (exact) mass is 290 g/mol.